The number of nitrogens with one attached hydrogen (secondary N) is 1. The van der Waals surface area contributed by atoms with Gasteiger partial charge in [-0.15, -0.1) is 0 Å². The third kappa shape index (κ3) is 5.44. The Balaban J connectivity index is 1.59. The van der Waals surface area contributed by atoms with Gasteiger partial charge >= 0.3 is 0 Å². The standard InChI is InChI=1S/C24H30N2O2/c1-24(2,3)25-22(27)20-10-7-11-21(17-20)23(28)26-14-12-19(13-15-26)16-18-8-5-4-6-9-18/h4-11,17,19H,12-16H2,1-3H3,(H,25,27). The number of carbonyl (C=O) groups is 2. The highest BCUT2D eigenvalue weighted by Gasteiger charge is 2.24. The van der Waals surface area contributed by atoms with Crippen LogP contribution in [0.15, 0.2) is 54.6 Å². The molecule has 2 aromatic rings. The summed E-state index contributed by atoms with van der Waals surface area (Å²) >= 11 is 0. The van der Waals surface area contributed by atoms with Crippen molar-refractivity contribution in [1.82, 2.24) is 10.2 Å². The molecule has 1 aliphatic heterocycles. The zero-order chi connectivity index (χ0) is 20.1. The molecular weight excluding hydrogens is 348 g/mol. The van der Waals surface area contributed by atoms with Gasteiger partial charge in [0.25, 0.3) is 11.8 Å². The molecule has 0 aliphatic carbocycles. The van der Waals surface area contributed by atoms with Crippen LogP contribution in [0.1, 0.15) is 59.9 Å². The first-order valence-corrected chi connectivity index (χ1v) is 10.1. The maximum absolute atomic E-state index is 12.9. The Morgan fingerprint density at radius 3 is 2.25 bits per heavy atom. The highest BCUT2D eigenvalue weighted by Crippen LogP contribution is 2.23. The first kappa shape index (κ1) is 20.1. The Morgan fingerprint density at radius 1 is 0.964 bits per heavy atom. The predicted octanol–water partition coefficient (Wildman–Crippen LogP) is 4.31. The van der Waals surface area contributed by atoms with Crippen molar-refractivity contribution in [2.24, 2.45) is 5.92 Å². The molecule has 28 heavy (non-hydrogen) atoms. The van der Waals surface area contributed by atoms with Crippen molar-refractivity contribution < 1.29 is 9.59 Å². The van der Waals surface area contributed by atoms with E-state index in [0.717, 1.165) is 32.4 Å². The van der Waals surface area contributed by atoms with Crippen molar-refractivity contribution in [1.29, 1.82) is 0 Å². The zero-order valence-electron chi connectivity index (χ0n) is 17.1. The molecule has 0 spiro atoms. The average Bonchev–Trinajstić information content (AvgIpc) is 2.68. The number of rotatable bonds is 4. The maximum atomic E-state index is 12.9. The van der Waals surface area contributed by atoms with Crippen LogP contribution in [-0.4, -0.2) is 35.3 Å². The van der Waals surface area contributed by atoms with Crippen LogP contribution in [0.3, 0.4) is 0 Å². The van der Waals surface area contributed by atoms with Gasteiger partial charge in [-0.3, -0.25) is 9.59 Å². The fraction of sp³-hybridized carbons (Fsp3) is 0.417. The summed E-state index contributed by atoms with van der Waals surface area (Å²) in [5.74, 6) is 0.489. The second kappa shape index (κ2) is 8.59. The molecule has 4 heteroatoms. The molecule has 1 N–H and O–H groups in total. The molecule has 0 aromatic heterocycles. The number of benzene rings is 2. The summed E-state index contributed by atoms with van der Waals surface area (Å²) in [7, 11) is 0. The third-order valence-corrected chi connectivity index (χ3v) is 5.13. The smallest absolute Gasteiger partial charge is 0.253 e. The minimum absolute atomic E-state index is 0.0172. The fourth-order valence-corrected chi connectivity index (χ4v) is 3.68. The predicted molar refractivity (Wildman–Crippen MR) is 112 cm³/mol. The van der Waals surface area contributed by atoms with Crippen molar-refractivity contribution in [3.05, 3.63) is 71.3 Å². The van der Waals surface area contributed by atoms with Crippen molar-refractivity contribution in [2.75, 3.05) is 13.1 Å². The third-order valence-electron chi connectivity index (χ3n) is 5.13. The van der Waals surface area contributed by atoms with Gasteiger partial charge in [0, 0.05) is 29.8 Å². The number of carbonyl (C=O) groups excluding carboxylic acids is 2. The summed E-state index contributed by atoms with van der Waals surface area (Å²) in [5, 5.41) is 2.95. The Kier molecular flexibility index (Phi) is 6.18. The highest BCUT2D eigenvalue weighted by molar-refractivity contribution is 5.99. The lowest BCUT2D eigenvalue weighted by molar-refractivity contribution is 0.0690. The van der Waals surface area contributed by atoms with Gasteiger partial charge in [-0.1, -0.05) is 36.4 Å². The van der Waals surface area contributed by atoms with Gasteiger partial charge in [0.1, 0.15) is 0 Å². The topological polar surface area (TPSA) is 49.4 Å². The van der Waals surface area contributed by atoms with E-state index in [-0.39, 0.29) is 17.4 Å². The number of amides is 2. The first-order chi connectivity index (χ1) is 13.3. The molecule has 148 valence electrons. The molecule has 1 saturated heterocycles. The Morgan fingerprint density at radius 2 is 1.61 bits per heavy atom. The van der Waals surface area contributed by atoms with Gasteiger partial charge in [-0.05, 0) is 69.7 Å². The lowest BCUT2D eigenvalue weighted by Crippen LogP contribution is -2.41. The van der Waals surface area contributed by atoms with Gasteiger partial charge in [-0.25, -0.2) is 0 Å². The van der Waals surface area contributed by atoms with E-state index in [0.29, 0.717) is 17.0 Å². The fourth-order valence-electron chi connectivity index (χ4n) is 3.68. The molecule has 4 nitrogen and oxygen atoms in total. The minimum Gasteiger partial charge on any atom is -0.347 e. The number of piperidine rings is 1. The summed E-state index contributed by atoms with van der Waals surface area (Å²) in [4.78, 5) is 27.2. The van der Waals surface area contributed by atoms with Crippen molar-refractivity contribution in [3.8, 4) is 0 Å². The van der Waals surface area contributed by atoms with Gasteiger partial charge in [0.15, 0.2) is 0 Å². The second-order valence-corrected chi connectivity index (χ2v) is 8.71. The number of likely N-dealkylation sites (tertiary alicyclic amines) is 1. The summed E-state index contributed by atoms with van der Waals surface area (Å²) in [5.41, 5.74) is 2.17. The largest absolute Gasteiger partial charge is 0.347 e. The van der Waals surface area contributed by atoms with E-state index in [1.165, 1.54) is 5.56 Å². The average molecular weight is 379 g/mol. The number of hydrogen-bond acceptors (Lipinski definition) is 2. The van der Waals surface area contributed by atoms with Gasteiger partial charge < -0.3 is 10.2 Å². The number of hydrogen-bond donors (Lipinski definition) is 1. The SMILES string of the molecule is CC(C)(C)NC(=O)c1cccc(C(=O)N2CCC(Cc3ccccc3)CC2)c1. The van der Waals surface area contributed by atoms with Crippen LogP contribution in [0.5, 0.6) is 0 Å². The summed E-state index contributed by atoms with van der Waals surface area (Å²) in [6.07, 6.45) is 3.11. The Labute approximate surface area is 167 Å². The first-order valence-electron chi connectivity index (χ1n) is 10.1. The van der Waals surface area contributed by atoms with E-state index >= 15 is 0 Å². The van der Waals surface area contributed by atoms with Crippen LogP contribution in [0.4, 0.5) is 0 Å². The van der Waals surface area contributed by atoms with Gasteiger partial charge in [0.2, 0.25) is 0 Å². The lowest BCUT2D eigenvalue weighted by Gasteiger charge is -2.32. The van der Waals surface area contributed by atoms with E-state index < -0.39 is 0 Å². The van der Waals surface area contributed by atoms with Crippen LogP contribution in [0.25, 0.3) is 0 Å². The van der Waals surface area contributed by atoms with Crippen LogP contribution >= 0.6 is 0 Å². The van der Waals surface area contributed by atoms with E-state index in [1.54, 1.807) is 24.3 Å². The molecule has 0 atom stereocenters. The summed E-state index contributed by atoms with van der Waals surface area (Å²) in [6, 6.07) is 17.6. The summed E-state index contributed by atoms with van der Waals surface area (Å²) in [6.45, 7) is 7.38. The van der Waals surface area contributed by atoms with E-state index in [1.807, 2.05) is 31.7 Å². The van der Waals surface area contributed by atoms with Crippen LogP contribution < -0.4 is 5.32 Å². The molecule has 0 radical (unpaired) electrons. The monoisotopic (exact) mass is 378 g/mol. The normalized spacial score (nSPS) is 15.3. The lowest BCUT2D eigenvalue weighted by atomic mass is 9.90. The van der Waals surface area contributed by atoms with Crippen LogP contribution in [-0.2, 0) is 6.42 Å². The van der Waals surface area contributed by atoms with E-state index in [4.69, 9.17) is 0 Å². The minimum atomic E-state index is -0.308. The van der Waals surface area contributed by atoms with Gasteiger partial charge in [-0.2, -0.15) is 0 Å². The van der Waals surface area contributed by atoms with Gasteiger partial charge in [0.05, 0.1) is 0 Å². The molecule has 0 bridgehead atoms. The molecule has 2 amide bonds. The molecule has 0 saturated carbocycles. The molecule has 3 rings (SSSR count). The second-order valence-electron chi connectivity index (χ2n) is 8.71. The van der Waals surface area contributed by atoms with Crippen molar-refractivity contribution >= 4 is 11.8 Å². The van der Waals surface area contributed by atoms with Crippen molar-refractivity contribution in [3.63, 3.8) is 0 Å². The molecule has 0 unspecified atom stereocenters. The summed E-state index contributed by atoms with van der Waals surface area (Å²) < 4.78 is 0. The quantitative estimate of drug-likeness (QED) is 0.862. The maximum Gasteiger partial charge on any atom is 0.253 e. The Hall–Kier alpha value is -2.62. The Bertz CT molecular complexity index is 816. The molecule has 1 fully saturated rings. The highest BCUT2D eigenvalue weighted by atomic mass is 16.2. The zero-order valence-corrected chi connectivity index (χ0v) is 17.1. The molecule has 1 heterocycles. The molecule has 2 aromatic carbocycles. The van der Waals surface area contributed by atoms with E-state index in [2.05, 4.69) is 29.6 Å². The molecule has 1 aliphatic rings. The van der Waals surface area contributed by atoms with Crippen LogP contribution in [0.2, 0.25) is 0 Å². The van der Waals surface area contributed by atoms with Crippen molar-refractivity contribution in [2.45, 2.75) is 45.6 Å². The van der Waals surface area contributed by atoms with E-state index in [9.17, 15) is 9.59 Å². The molecular formula is C24H30N2O2. The number of nitrogens with zero attached hydrogens (tertiary/aromatic N) is 1. The van der Waals surface area contributed by atoms with Crippen LogP contribution in [0, 0.1) is 5.92 Å².